The zero-order chi connectivity index (χ0) is 22.4. The number of rotatable bonds is 5. The molecule has 1 fully saturated rings. The molecule has 12 heteroatoms. The molecule has 2 N–H and O–H groups in total. The van der Waals surface area contributed by atoms with Crippen LogP contribution in [0.15, 0.2) is 35.2 Å². The zero-order valence-electron chi connectivity index (χ0n) is 17.3. The van der Waals surface area contributed by atoms with Crippen molar-refractivity contribution in [1.29, 1.82) is 0 Å². The summed E-state index contributed by atoms with van der Waals surface area (Å²) in [6, 6.07) is 4.20. The van der Waals surface area contributed by atoms with E-state index < -0.39 is 11.6 Å². The number of hydrogen-bond acceptors (Lipinski definition) is 8. The minimum absolute atomic E-state index is 0.250. The Morgan fingerprint density at radius 3 is 2.79 bits per heavy atom. The van der Waals surface area contributed by atoms with Crippen molar-refractivity contribution in [2.24, 2.45) is 0 Å². The van der Waals surface area contributed by atoms with Crippen LogP contribution in [0.1, 0.15) is 5.82 Å². The first-order valence-electron chi connectivity index (χ1n) is 10.3. The summed E-state index contributed by atoms with van der Waals surface area (Å²) in [5.74, 6) is -0.269. The fourth-order valence-corrected chi connectivity index (χ4v) is 4.47. The number of aromatic nitrogens is 6. The molecule has 5 aromatic rings. The molecule has 33 heavy (non-hydrogen) atoms. The highest BCUT2D eigenvalue weighted by Gasteiger charge is 2.20. The normalized spacial score (nSPS) is 14.4. The van der Waals surface area contributed by atoms with Crippen LogP contribution in [-0.4, -0.2) is 55.9 Å². The molecule has 0 radical (unpaired) electrons. The molecule has 1 saturated heterocycles. The summed E-state index contributed by atoms with van der Waals surface area (Å²) in [6.45, 7) is 2.86. The summed E-state index contributed by atoms with van der Waals surface area (Å²) < 4.78 is 34.2. The molecule has 6 rings (SSSR count). The maximum atomic E-state index is 13.5. The third kappa shape index (κ3) is 3.66. The molecular formula is C21H18F2N8OS. The molecule has 9 nitrogen and oxygen atoms in total. The van der Waals surface area contributed by atoms with Crippen LogP contribution in [0, 0.1) is 11.6 Å². The van der Waals surface area contributed by atoms with E-state index in [1.165, 1.54) is 0 Å². The van der Waals surface area contributed by atoms with Crippen molar-refractivity contribution in [3.8, 4) is 11.1 Å². The molecular weight excluding hydrogens is 450 g/mol. The van der Waals surface area contributed by atoms with Gasteiger partial charge in [0.15, 0.2) is 17.3 Å². The predicted octanol–water partition coefficient (Wildman–Crippen LogP) is 3.46. The van der Waals surface area contributed by atoms with Crippen LogP contribution in [0.25, 0.3) is 27.8 Å². The third-order valence-corrected chi connectivity index (χ3v) is 6.15. The fourth-order valence-electron chi connectivity index (χ4n) is 3.81. The number of anilines is 2. The summed E-state index contributed by atoms with van der Waals surface area (Å²) in [4.78, 5) is 18.9. The smallest absolute Gasteiger partial charge is 0.230 e. The molecule has 1 aromatic carbocycles. The van der Waals surface area contributed by atoms with Crippen molar-refractivity contribution in [2.45, 2.75) is 6.54 Å². The number of nitrogens with one attached hydrogen (secondary N) is 2. The summed E-state index contributed by atoms with van der Waals surface area (Å²) >= 11 is 1.61. The summed E-state index contributed by atoms with van der Waals surface area (Å²) in [5, 5.41) is 11.8. The molecule has 0 saturated carbocycles. The summed E-state index contributed by atoms with van der Waals surface area (Å²) in [6.07, 6.45) is 1.77. The van der Waals surface area contributed by atoms with Gasteiger partial charge in [0, 0.05) is 30.8 Å². The SMILES string of the molecule is Fc1cc2nc(CNc3nc(N4CCOCC4)nc4c(-c5ccsc5)cnn34)[nH]c2cc1F. The standard InChI is InChI=1S/C21H18F2N8OS/c22-14-7-16-17(8-15(14)23)27-18(26-16)10-24-20-29-21(30-2-4-32-5-3-30)28-19-13(9-25-31(19)20)12-1-6-33-11-12/h1,6-9,11H,2-5,10H2,(H,26,27)(H,24,28,29). The van der Waals surface area contributed by atoms with E-state index in [0.717, 1.165) is 23.3 Å². The third-order valence-electron chi connectivity index (χ3n) is 5.47. The molecule has 0 unspecified atom stereocenters. The van der Waals surface area contributed by atoms with Gasteiger partial charge in [-0.15, -0.1) is 0 Å². The minimum Gasteiger partial charge on any atom is -0.378 e. The maximum absolute atomic E-state index is 13.5. The number of thiophene rings is 1. The zero-order valence-corrected chi connectivity index (χ0v) is 18.1. The molecule has 4 aromatic heterocycles. The number of fused-ring (bicyclic) bond motifs is 2. The van der Waals surface area contributed by atoms with Gasteiger partial charge in [0.05, 0.1) is 37.0 Å². The Morgan fingerprint density at radius 1 is 1.12 bits per heavy atom. The van der Waals surface area contributed by atoms with Crippen LogP contribution in [0.3, 0.4) is 0 Å². The van der Waals surface area contributed by atoms with Crippen LogP contribution in [0.5, 0.6) is 0 Å². The number of H-pyrrole nitrogens is 1. The number of hydrogen-bond donors (Lipinski definition) is 2. The number of halogens is 2. The molecule has 0 bridgehead atoms. The molecule has 0 atom stereocenters. The van der Waals surface area contributed by atoms with Crippen molar-refractivity contribution in [1.82, 2.24) is 29.5 Å². The van der Waals surface area contributed by atoms with Crippen LogP contribution in [0.4, 0.5) is 20.7 Å². The van der Waals surface area contributed by atoms with Gasteiger partial charge in [0.2, 0.25) is 11.9 Å². The second-order valence-electron chi connectivity index (χ2n) is 7.57. The Morgan fingerprint density at radius 2 is 1.97 bits per heavy atom. The quantitative estimate of drug-likeness (QED) is 0.408. The second kappa shape index (κ2) is 8.05. The Bertz CT molecular complexity index is 1400. The van der Waals surface area contributed by atoms with Crippen molar-refractivity contribution in [2.75, 3.05) is 36.5 Å². The van der Waals surface area contributed by atoms with Crippen LogP contribution < -0.4 is 10.2 Å². The summed E-state index contributed by atoms with van der Waals surface area (Å²) in [7, 11) is 0. The van der Waals surface area contributed by atoms with Gasteiger partial charge in [-0.25, -0.2) is 13.8 Å². The molecule has 1 aliphatic heterocycles. The van der Waals surface area contributed by atoms with Gasteiger partial charge in [-0.2, -0.15) is 30.9 Å². The van der Waals surface area contributed by atoms with Gasteiger partial charge in [0.1, 0.15) is 5.82 Å². The lowest BCUT2D eigenvalue weighted by Gasteiger charge is -2.27. The summed E-state index contributed by atoms with van der Waals surface area (Å²) in [5.41, 5.74) is 3.40. The Kier molecular flexibility index (Phi) is 4.88. The second-order valence-corrected chi connectivity index (χ2v) is 8.35. The van der Waals surface area contributed by atoms with Gasteiger partial charge in [-0.1, -0.05) is 0 Å². The van der Waals surface area contributed by atoms with E-state index in [1.807, 2.05) is 16.8 Å². The lowest BCUT2D eigenvalue weighted by atomic mass is 10.2. The Balaban J connectivity index is 1.38. The predicted molar refractivity (Wildman–Crippen MR) is 120 cm³/mol. The largest absolute Gasteiger partial charge is 0.378 e. The van der Waals surface area contributed by atoms with Crippen molar-refractivity contribution < 1.29 is 13.5 Å². The van der Waals surface area contributed by atoms with Crippen LogP contribution >= 0.6 is 11.3 Å². The Labute approximate surface area is 190 Å². The van der Waals surface area contributed by atoms with E-state index in [0.29, 0.717) is 60.7 Å². The molecule has 0 spiro atoms. The molecule has 0 amide bonds. The van der Waals surface area contributed by atoms with Gasteiger partial charge in [-0.05, 0) is 22.4 Å². The Hall–Kier alpha value is -3.64. The van der Waals surface area contributed by atoms with Gasteiger partial charge >= 0.3 is 0 Å². The van der Waals surface area contributed by atoms with Gasteiger partial charge in [-0.3, -0.25) is 0 Å². The number of ether oxygens (including phenoxy) is 1. The van der Waals surface area contributed by atoms with E-state index in [-0.39, 0.29) is 6.54 Å². The number of nitrogens with zero attached hydrogens (tertiary/aromatic N) is 6. The average molecular weight is 468 g/mol. The van der Waals surface area contributed by atoms with E-state index in [9.17, 15) is 8.78 Å². The highest BCUT2D eigenvalue weighted by atomic mass is 32.1. The number of benzene rings is 1. The molecule has 168 valence electrons. The monoisotopic (exact) mass is 468 g/mol. The highest BCUT2D eigenvalue weighted by molar-refractivity contribution is 7.08. The lowest BCUT2D eigenvalue weighted by molar-refractivity contribution is 0.122. The molecule has 1 aliphatic rings. The highest BCUT2D eigenvalue weighted by Crippen LogP contribution is 2.28. The van der Waals surface area contributed by atoms with Gasteiger partial charge in [0.25, 0.3) is 0 Å². The van der Waals surface area contributed by atoms with E-state index >= 15 is 0 Å². The minimum atomic E-state index is -0.932. The number of morpholine rings is 1. The average Bonchev–Trinajstić information content (AvgIpc) is 3.58. The van der Waals surface area contributed by atoms with Crippen molar-refractivity contribution >= 4 is 39.9 Å². The fraction of sp³-hybridized carbons (Fsp3) is 0.238. The number of imidazole rings is 1. The topological polar surface area (TPSA) is 96.3 Å². The molecule has 5 heterocycles. The number of aromatic amines is 1. The van der Waals surface area contributed by atoms with Crippen LogP contribution in [-0.2, 0) is 11.3 Å². The van der Waals surface area contributed by atoms with Crippen molar-refractivity contribution in [3.63, 3.8) is 0 Å². The first kappa shape index (κ1) is 20.0. The van der Waals surface area contributed by atoms with E-state index in [2.05, 4.69) is 25.3 Å². The first-order chi connectivity index (χ1) is 16.2. The van der Waals surface area contributed by atoms with Crippen molar-refractivity contribution in [3.05, 3.63) is 52.6 Å². The van der Waals surface area contributed by atoms with E-state index in [4.69, 9.17) is 14.7 Å². The molecule has 0 aliphatic carbocycles. The maximum Gasteiger partial charge on any atom is 0.230 e. The van der Waals surface area contributed by atoms with Crippen LogP contribution in [0.2, 0.25) is 0 Å². The lowest BCUT2D eigenvalue weighted by Crippen LogP contribution is -2.37. The van der Waals surface area contributed by atoms with Gasteiger partial charge < -0.3 is 19.9 Å². The first-order valence-corrected chi connectivity index (χ1v) is 11.3. The van der Waals surface area contributed by atoms with E-state index in [1.54, 1.807) is 22.0 Å².